The summed E-state index contributed by atoms with van der Waals surface area (Å²) in [5.41, 5.74) is 4.42. The Morgan fingerprint density at radius 3 is 2.56 bits per heavy atom. The molecular weight excluding hydrogens is 314 g/mol. The number of benzene rings is 2. The van der Waals surface area contributed by atoms with E-state index in [4.69, 9.17) is 4.74 Å². The Morgan fingerprint density at radius 1 is 1.08 bits per heavy atom. The first-order valence-electron chi connectivity index (χ1n) is 8.15. The lowest BCUT2D eigenvalue weighted by molar-refractivity contribution is -0.118. The van der Waals surface area contributed by atoms with Crippen molar-refractivity contribution in [3.8, 4) is 11.4 Å². The van der Waals surface area contributed by atoms with Crippen LogP contribution >= 0.6 is 0 Å². The summed E-state index contributed by atoms with van der Waals surface area (Å²) >= 11 is 0. The summed E-state index contributed by atoms with van der Waals surface area (Å²) in [5.74, 6) is 0.476. The van der Waals surface area contributed by atoms with E-state index in [1.807, 2.05) is 80.1 Å². The SMILES string of the molecule is Cc1cccc(OCC(=O)Nc2c(C)nn(-c3ccccc3)c2C)c1. The molecule has 3 rings (SSSR count). The first-order chi connectivity index (χ1) is 12.0. The summed E-state index contributed by atoms with van der Waals surface area (Å²) in [7, 11) is 0. The molecule has 0 saturated carbocycles. The molecule has 1 aromatic heterocycles. The lowest BCUT2D eigenvalue weighted by Crippen LogP contribution is -2.21. The molecule has 5 heteroatoms. The first kappa shape index (κ1) is 16.8. The number of aryl methyl sites for hydroxylation is 2. The number of carbonyl (C=O) groups is 1. The molecule has 0 aliphatic rings. The zero-order valence-electron chi connectivity index (χ0n) is 14.6. The minimum atomic E-state index is -0.208. The van der Waals surface area contributed by atoms with Crippen LogP contribution in [0.5, 0.6) is 5.75 Å². The Balaban J connectivity index is 1.70. The second-order valence-corrected chi connectivity index (χ2v) is 5.95. The number of carbonyl (C=O) groups excluding carboxylic acids is 1. The van der Waals surface area contributed by atoms with Crippen LogP contribution in [-0.2, 0) is 4.79 Å². The quantitative estimate of drug-likeness (QED) is 0.771. The molecule has 25 heavy (non-hydrogen) atoms. The number of anilines is 1. The Morgan fingerprint density at radius 2 is 1.84 bits per heavy atom. The van der Waals surface area contributed by atoms with Gasteiger partial charge in [0.1, 0.15) is 5.75 Å². The van der Waals surface area contributed by atoms with Crippen LogP contribution in [0.1, 0.15) is 17.0 Å². The number of ether oxygens (including phenoxy) is 1. The van der Waals surface area contributed by atoms with Crippen molar-refractivity contribution < 1.29 is 9.53 Å². The predicted molar refractivity (Wildman–Crippen MR) is 98.3 cm³/mol. The summed E-state index contributed by atoms with van der Waals surface area (Å²) < 4.78 is 7.38. The monoisotopic (exact) mass is 335 g/mol. The summed E-state index contributed by atoms with van der Waals surface area (Å²) in [5, 5.41) is 7.43. The Bertz CT molecular complexity index is 885. The van der Waals surface area contributed by atoms with Gasteiger partial charge in [-0.15, -0.1) is 0 Å². The molecule has 128 valence electrons. The second-order valence-electron chi connectivity index (χ2n) is 5.95. The zero-order valence-corrected chi connectivity index (χ0v) is 14.6. The van der Waals surface area contributed by atoms with Gasteiger partial charge >= 0.3 is 0 Å². The van der Waals surface area contributed by atoms with Crippen LogP contribution in [0.25, 0.3) is 5.69 Å². The number of amides is 1. The molecule has 2 aromatic carbocycles. The fourth-order valence-corrected chi connectivity index (χ4v) is 2.67. The minimum Gasteiger partial charge on any atom is -0.484 e. The summed E-state index contributed by atoms with van der Waals surface area (Å²) in [6.45, 7) is 5.75. The van der Waals surface area contributed by atoms with E-state index in [9.17, 15) is 4.79 Å². The Kier molecular flexibility index (Phi) is 4.84. The summed E-state index contributed by atoms with van der Waals surface area (Å²) in [6, 6.07) is 17.5. The third-order valence-corrected chi connectivity index (χ3v) is 3.92. The maximum absolute atomic E-state index is 12.2. The number of hydrogen-bond acceptors (Lipinski definition) is 3. The lowest BCUT2D eigenvalue weighted by atomic mass is 10.2. The molecule has 1 amide bonds. The Labute approximate surface area is 147 Å². The zero-order chi connectivity index (χ0) is 17.8. The number of rotatable bonds is 5. The average molecular weight is 335 g/mol. The van der Waals surface area contributed by atoms with E-state index < -0.39 is 0 Å². The fourth-order valence-electron chi connectivity index (χ4n) is 2.67. The van der Waals surface area contributed by atoms with Crippen molar-refractivity contribution in [1.29, 1.82) is 0 Å². The fraction of sp³-hybridized carbons (Fsp3) is 0.200. The molecule has 1 N–H and O–H groups in total. The number of nitrogens with one attached hydrogen (secondary N) is 1. The van der Waals surface area contributed by atoms with Gasteiger partial charge in [0.25, 0.3) is 5.91 Å². The summed E-state index contributed by atoms with van der Waals surface area (Å²) in [4.78, 5) is 12.2. The molecule has 0 atom stereocenters. The molecule has 3 aromatic rings. The van der Waals surface area contributed by atoms with E-state index in [0.29, 0.717) is 5.75 Å². The van der Waals surface area contributed by atoms with E-state index >= 15 is 0 Å². The van der Waals surface area contributed by atoms with E-state index in [2.05, 4.69) is 10.4 Å². The van der Waals surface area contributed by atoms with Gasteiger partial charge in [-0.1, -0.05) is 30.3 Å². The minimum absolute atomic E-state index is 0.0428. The highest BCUT2D eigenvalue weighted by Crippen LogP contribution is 2.22. The normalized spacial score (nSPS) is 10.5. The van der Waals surface area contributed by atoms with Gasteiger partial charge in [0.15, 0.2) is 6.61 Å². The smallest absolute Gasteiger partial charge is 0.262 e. The maximum Gasteiger partial charge on any atom is 0.262 e. The van der Waals surface area contributed by atoms with Crippen LogP contribution in [0.3, 0.4) is 0 Å². The van der Waals surface area contributed by atoms with Crippen molar-refractivity contribution >= 4 is 11.6 Å². The molecular formula is C20H21N3O2. The van der Waals surface area contributed by atoms with E-state index in [1.165, 1.54) is 0 Å². The van der Waals surface area contributed by atoms with Gasteiger partial charge in [0, 0.05) is 0 Å². The van der Waals surface area contributed by atoms with Gasteiger partial charge < -0.3 is 10.1 Å². The van der Waals surface area contributed by atoms with Crippen molar-refractivity contribution in [3.05, 3.63) is 71.5 Å². The van der Waals surface area contributed by atoms with Crippen LogP contribution in [0, 0.1) is 20.8 Å². The van der Waals surface area contributed by atoms with E-state index in [1.54, 1.807) is 0 Å². The third kappa shape index (κ3) is 3.88. The third-order valence-electron chi connectivity index (χ3n) is 3.92. The van der Waals surface area contributed by atoms with Gasteiger partial charge in [-0.2, -0.15) is 5.10 Å². The molecule has 0 aliphatic carbocycles. The number of aromatic nitrogens is 2. The van der Waals surface area contributed by atoms with Crippen LogP contribution < -0.4 is 10.1 Å². The van der Waals surface area contributed by atoms with E-state index in [0.717, 1.165) is 28.3 Å². The van der Waals surface area contributed by atoms with E-state index in [-0.39, 0.29) is 12.5 Å². The standard InChI is InChI=1S/C20H21N3O2/c1-14-8-7-11-18(12-14)25-13-19(24)21-20-15(2)22-23(16(20)3)17-9-5-4-6-10-17/h4-12H,13H2,1-3H3,(H,21,24). The van der Waals surface area contributed by atoms with Crippen LogP contribution in [-0.4, -0.2) is 22.3 Å². The van der Waals surface area contributed by atoms with Crippen LogP contribution in [0.4, 0.5) is 5.69 Å². The largest absolute Gasteiger partial charge is 0.484 e. The average Bonchev–Trinajstić information content (AvgIpc) is 2.89. The van der Waals surface area contributed by atoms with Crippen molar-refractivity contribution in [3.63, 3.8) is 0 Å². The van der Waals surface area contributed by atoms with Crippen molar-refractivity contribution in [2.75, 3.05) is 11.9 Å². The van der Waals surface area contributed by atoms with Gasteiger partial charge in [-0.05, 0) is 50.6 Å². The number of nitrogens with zero attached hydrogens (tertiary/aromatic N) is 2. The second kappa shape index (κ2) is 7.21. The molecule has 0 radical (unpaired) electrons. The molecule has 0 aliphatic heterocycles. The first-order valence-corrected chi connectivity index (χ1v) is 8.15. The highest BCUT2D eigenvalue weighted by molar-refractivity contribution is 5.93. The topological polar surface area (TPSA) is 56.1 Å². The van der Waals surface area contributed by atoms with Crippen LogP contribution in [0.2, 0.25) is 0 Å². The van der Waals surface area contributed by atoms with Gasteiger partial charge in [-0.25, -0.2) is 4.68 Å². The Hall–Kier alpha value is -3.08. The summed E-state index contributed by atoms with van der Waals surface area (Å²) in [6.07, 6.45) is 0. The molecule has 0 bridgehead atoms. The molecule has 0 spiro atoms. The predicted octanol–water partition coefficient (Wildman–Crippen LogP) is 3.82. The van der Waals surface area contributed by atoms with Crippen molar-refractivity contribution in [2.45, 2.75) is 20.8 Å². The van der Waals surface area contributed by atoms with Crippen molar-refractivity contribution in [1.82, 2.24) is 9.78 Å². The van der Waals surface area contributed by atoms with Gasteiger partial charge in [-0.3, -0.25) is 4.79 Å². The highest BCUT2D eigenvalue weighted by Gasteiger charge is 2.15. The molecule has 5 nitrogen and oxygen atoms in total. The van der Waals surface area contributed by atoms with Crippen molar-refractivity contribution in [2.24, 2.45) is 0 Å². The van der Waals surface area contributed by atoms with Gasteiger partial charge in [0.2, 0.25) is 0 Å². The lowest BCUT2D eigenvalue weighted by Gasteiger charge is -2.09. The molecule has 1 heterocycles. The van der Waals surface area contributed by atoms with Crippen LogP contribution in [0.15, 0.2) is 54.6 Å². The molecule has 0 saturated heterocycles. The van der Waals surface area contributed by atoms with Gasteiger partial charge in [0.05, 0.1) is 22.8 Å². The molecule has 0 unspecified atom stereocenters. The molecule has 0 fully saturated rings. The maximum atomic E-state index is 12.2. The number of para-hydroxylation sites is 1. The highest BCUT2D eigenvalue weighted by atomic mass is 16.5. The number of hydrogen-bond donors (Lipinski definition) is 1.